The molecule has 1 saturated carbocycles. The lowest BCUT2D eigenvalue weighted by Gasteiger charge is -1.98. The van der Waals surface area contributed by atoms with Crippen LogP contribution >= 0.6 is 0 Å². The van der Waals surface area contributed by atoms with Crippen LogP contribution in [0.15, 0.2) is 35.7 Å². The van der Waals surface area contributed by atoms with Crippen LogP contribution in [0.5, 0.6) is 0 Å². The van der Waals surface area contributed by atoms with E-state index in [9.17, 15) is 4.79 Å². The summed E-state index contributed by atoms with van der Waals surface area (Å²) in [6.07, 6.45) is 8.17. The predicted molar refractivity (Wildman–Crippen MR) is 60.7 cm³/mol. The fourth-order valence-corrected chi connectivity index (χ4v) is 1.78. The molecule has 0 radical (unpaired) electrons. The molecule has 2 rings (SSSR count). The minimum atomic E-state index is -0.0735. The number of rotatable bonds is 3. The number of nitrogens with one attached hydrogen (secondary N) is 1. The van der Waals surface area contributed by atoms with E-state index in [0.29, 0.717) is 6.54 Å². The number of pyridine rings is 1. The van der Waals surface area contributed by atoms with Crippen molar-refractivity contribution in [1.29, 1.82) is 0 Å². The molecule has 1 heterocycles. The van der Waals surface area contributed by atoms with Crippen molar-refractivity contribution in [2.45, 2.75) is 32.2 Å². The average molecular weight is 218 g/mol. The summed E-state index contributed by atoms with van der Waals surface area (Å²) in [4.78, 5) is 11.5. The molecule has 1 aliphatic carbocycles. The minimum absolute atomic E-state index is 0.0735. The van der Waals surface area contributed by atoms with E-state index in [4.69, 9.17) is 0 Å². The second kappa shape index (κ2) is 5.39. The van der Waals surface area contributed by atoms with Crippen LogP contribution in [0, 0.1) is 0 Å². The zero-order valence-corrected chi connectivity index (χ0v) is 9.22. The van der Waals surface area contributed by atoms with E-state index in [1.54, 1.807) is 0 Å². The Balaban J connectivity index is 1.82. The van der Waals surface area contributed by atoms with Gasteiger partial charge in [0.2, 0.25) is 6.54 Å². The molecule has 84 valence electrons. The topological polar surface area (TPSA) is 45.3 Å². The van der Waals surface area contributed by atoms with Crippen LogP contribution in [0.4, 0.5) is 0 Å². The zero-order chi connectivity index (χ0) is 11.2. The summed E-state index contributed by atoms with van der Waals surface area (Å²) < 4.78 is 1.82. The molecule has 1 aromatic rings. The molecular formula is C12H16N3O+. The van der Waals surface area contributed by atoms with Gasteiger partial charge in [0.25, 0.3) is 0 Å². The van der Waals surface area contributed by atoms with E-state index >= 15 is 0 Å². The van der Waals surface area contributed by atoms with Gasteiger partial charge in [-0.05, 0) is 25.7 Å². The number of hydrogen-bond acceptors (Lipinski definition) is 2. The van der Waals surface area contributed by atoms with Gasteiger partial charge in [-0.15, -0.1) is 0 Å². The second-order valence-corrected chi connectivity index (χ2v) is 3.97. The number of hydrogen-bond donors (Lipinski definition) is 1. The third-order valence-electron chi connectivity index (χ3n) is 2.62. The Bertz CT molecular complexity index is 379. The monoisotopic (exact) mass is 218 g/mol. The molecule has 0 aromatic carbocycles. The molecule has 0 atom stereocenters. The summed E-state index contributed by atoms with van der Waals surface area (Å²) in [6, 6.07) is 5.72. The molecular weight excluding hydrogens is 202 g/mol. The van der Waals surface area contributed by atoms with Crippen molar-refractivity contribution in [1.82, 2.24) is 5.43 Å². The average Bonchev–Trinajstić information content (AvgIpc) is 2.81. The van der Waals surface area contributed by atoms with E-state index in [1.807, 2.05) is 35.2 Å². The number of aromatic nitrogens is 1. The van der Waals surface area contributed by atoms with Crippen molar-refractivity contribution in [3.8, 4) is 0 Å². The number of amides is 1. The minimum Gasteiger partial charge on any atom is -0.266 e. The van der Waals surface area contributed by atoms with E-state index in [1.165, 1.54) is 12.8 Å². The predicted octanol–water partition coefficient (Wildman–Crippen LogP) is 1.02. The van der Waals surface area contributed by atoms with Gasteiger partial charge in [-0.2, -0.15) is 9.67 Å². The van der Waals surface area contributed by atoms with Crippen LogP contribution in [0.1, 0.15) is 25.7 Å². The number of carbonyl (C=O) groups is 1. The first-order chi connectivity index (χ1) is 7.84. The highest BCUT2D eigenvalue weighted by molar-refractivity contribution is 5.87. The highest BCUT2D eigenvalue weighted by Crippen LogP contribution is 2.13. The molecule has 0 bridgehead atoms. The van der Waals surface area contributed by atoms with Crippen LogP contribution < -0.4 is 9.99 Å². The Morgan fingerprint density at radius 3 is 2.62 bits per heavy atom. The van der Waals surface area contributed by atoms with Crippen LogP contribution in [-0.4, -0.2) is 11.6 Å². The maximum atomic E-state index is 11.5. The molecule has 4 nitrogen and oxygen atoms in total. The Morgan fingerprint density at radius 2 is 1.94 bits per heavy atom. The molecule has 1 N–H and O–H groups in total. The van der Waals surface area contributed by atoms with Gasteiger partial charge in [0.15, 0.2) is 12.4 Å². The standard InChI is InChI=1S/C12H15N3O/c16-12(10-15-8-4-1-5-9-15)14-13-11-6-2-3-7-11/h1,4-5,8-9H,2-3,6-7,10H2/p+1. The van der Waals surface area contributed by atoms with Crippen LogP contribution in [0.25, 0.3) is 0 Å². The lowest BCUT2D eigenvalue weighted by molar-refractivity contribution is -0.684. The Hall–Kier alpha value is -1.71. The van der Waals surface area contributed by atoms with Gasteiger partial charge in [0.1, 0.15) is 0 Å². The normalized spacial score (nSPS) is 14.9. The first kappa shape index (κ1) is 10.8. The largest absolute Gasteiger partial charge is 0.305 e. The molecule has 4 heteroatoms. The third-order valence-corrected chi connectivity index (χ3v) is 2.62. The Morgan fingerprint density at radius 1 is 1.25 bits per heavy atom. The van der Waals surface area contributed by atoms with Crippen molar-refractivity contribution in [3.63, 3.8) is 0 Å². The smallest absolute Gasteiger partial charge is 0.266 e. The molecule has 0 saturated heterocycles. The molecule has 1 aromatic heterocycles. The molecule has 1 amide bonds. The molecule has 0 unspecified atom stereocenters. The first-order valence-electron chi connectivity index (χ1n) is 5.63. The molecule has 1 aliphatic rings. The highest BCUT2D eigenvalue weighted by Gasteiger charge is 2.10. The lowest BCUT2D eigenvalue weighted by Crippen LogP contribution is -2.41. The summed E-state index contributed by atoms with van der Waals surface area (Å²) in [7, 11) is 0. The number of hydrazone groups is 1. The fraction of sp³-hybridized carbons (Fsp3) is 0.417. The van der Waals surface area contributed by atoms with Crippen molar-refractivity contribution in [3.05, 3.63) is 30.6 Å². The second-order valence-electron chi connectivity index (χ2n) is 3.97. The summed E-state index contributed by atoms with van der Waals surface area (Å²) in [5, 5.41) is 4.12. The van der Waals surface area contributed by atoms with E-state index < -0.39 is 0 Å². The summed E-state index contributed by atoms with van der Waals surface area (Å²) in [5.41, 5.74) is 3.72. The van der Waals surface area contributed by atoms with Crippen molar-refractivity contribution in [2.75, 3.05) is 0 Å². The van der Waals surface area contributed by atoms with Gasteiger partial charge in [-0.25, -0.2) is 5.43 Å². The molecule has 0 aliphatic heterocycles. The van der Waals surface area contributed by atoms with Gasteiger partial charge in [-0.3, -0.25) is 4.79 Å². The van der Waals surface area contributed by atoms with Crippen molar-refractivity contribution >= 4 is 11.6 Å². The van der Waals surface area contributed by atoms with Gasteiger partial charge >= 0.3 is 5.91 Å². The molecule has 1 fully saturated rings. The lowest BCUT2D eigenvalue weighted by atomic mass is 10.3. The van der Waals surface area contributed by atoms with Crippen LogP contribution in [0.2, 0.25) is 0 Å². The summed E-state index contributed by atoms with van der Waals surface area (Å²) in [5.74, 6) is -0.0735. The van der Waals surface area contributed by atoms with Gasteiger partial charge in [0, 0.05) is 17.8 Å². The van der Waals surface area contributed by atoms with Gasteiger partial charge in [-0.1, -0.05) is 6.07 Å². The van der Waals surface area contributed by atoms with Crippen molar-refractivity contribution in [2.24, 2.45) is 5.10 Å². The van der Waals surface area contributed by atoms with Crippen LogP contribution in [-0.2, 0) is 11.3 Å². The SMILES string of the molecule is O=C(C[n+]1ccccc1)NN=C1CCCC1. The van der Waals surface area contributed by atoms with Crippen molar-refractivity contribution < 1.29 is 9.36 Å². The molecule has 0 spiro atoms. The van der Waals surface area contributed by atoms with E-state index in [0.717, 1.165) is 18.6 Å². The summed E-state index contributed by atoms with van der Waals surface area (Å²) in [6.45, 7) is 0.317. The van der Waals surface area contributed by atoms with Crippen LogP contribution in [0.3, 0.4) is 0 Å². The zero-order valence-electron chi connectivity index (χ0n) is 9.22. The summed E-state index contributed by atoms with van der Waals surface area (Å²) >= 11 is 0. The Labute approximate surface area is 95.0 Å². The van der Waals surface area contributed by atoms with Gasteiger partial charge < -0.3 is 0 Å². The van der Waals surface area contributed by atoms with E-state index in [-0.39, 0.29) is 5.91 Å². The number of nitrogens with zero attached hydrogens (tertiary/aromatic N) is 2. The maximum absolute atomic E-state index is 11.5. The number of carbonyl (C=O) groups excluding carboxylic acids is 1. The fourth-order valence-electron chi connectivity index (χ4n) is 1.78. The van der Waals surface area contributed by atoms with Gasteiger partial charge in [0.05, 0.1) is 0 Å². The van der Waals surface area contributed by atoms with E-state index in [2.05, 4.69) is 10.5 Å². The highest BCUT2D eigenvalue weighted by atomic mass is 16.2. The quantitative estimate of drug-likeness (QED) is 0.597. The molecule has 16 heavy (non-hydrogen) atoms. The maximum Gasteiger partial charge on any atom is 0.305 e. The Kier molecular flexibility index (Phi) is 3.64. The third kappa shape index (κ3) is 3.15. The first-order valence-corrected chi connectivity index (χ1v) is 5.63.